The monoisotopic (exact) mass is 307 g/mol. The summed E-state index contributed by atoms with van der Waals surface area (Å²) >= 11 is 0. The van der Waals surface area contributed by atoms with Crippen LogP contribution in [-0.4, -0.2) is 30.9 Å². The van der Waals surface area contributed by atoms with E-state index in [1.54, 1.807) is 6.07 Å². The molecular formula is C15H18ClN3O2. The van der Waals surface area contributed by atoms with Crippen molar-refractivity contribution in [3.63, 3.8) is 0 Å². The average molecular weight is 308 g/mol. The minimum atomic E-state index is 0. The van der Waals surface area contributed by atoms with Gasteiger partial charge < -0.3 is 16.0 Å². The largest absolute Gasteiger partial charge is 0.349 e. The van der Waals surface area contributed by atoms with Crippen LogP contribution in [0.25, 0.3) is 0 Å². The van der Waals surface area contributed by atoms with Gasteiger partial charge in [-0.05, 0) is 42.0 Å². The molecule has 1 aliphatic carbocycles. The van der Waals surface area contributed by atoms with E-state index in [-0.39, 0.29) is 24.2 Å². The Hall–Kier alpha value is -1.59. The fraction of sp³-hybridized carbons (Fsp3) is 0.467. The van der Waals surface area contributed by atoms with E-state index < -0.39 is 0 Å². The van der Waals surface area contributed by atoms with E-state index in [0.29, 0.717) is 36.3 Å². The SMILES string of the molecule is Cl.O=C1CCc2cc(C(=O)NC3C4CNCC43)ccc2N1. The van der Waals surface area contributed by atoms with Gasteiger partial charge in [-0.3, -0.25) is 9.59 Å². The van der Waals surface area contributed by atoms with Crippen LogP contribution in [0.15, 0.2) is 18.2 Å². The van der Waals surface area contributed by atoms with E-state index in [0.717, 1.165) is 24.3 Å². The first-order valence-electron chi connectivity index (χ1n) is 7.17. The molecule has 5 nitrogen and oxygen atoms in total. The molecule has 2 unspecified atom stereocenters. The smallest absolute Gasteiger partial charge is 0.251 e. The molecule has 2 aliphatic heterocycles. The van der Waals surface area contributed by atoms with Gasteiger partial charge in [-0.2, -0.15) is 0 Å². The molecule has 21 heavy (non-hydrogen) atoms. The number of amides is 2. The van der Waals surface area contributed by atoms with Gasteiger partial charge in [0, 0.05) is 36.8 Å². The second kappa shape index (κ2) is 5.31. The first-order chi connectivity index (χ1) is 9.72. The second-order valence-corrected chi connectivity index (χ2v) is 5.91. The van der Waals surface area contributed by atoms with E-state index >= 15 is 0 Å². The highest BCUT2D eigenvalue weighted by atomic mass is 35.5. The molecular weight excluding hydrogens is 290 g/mol. The van der Waals surface area contributed by atoms with Crippen LogP contribution < -0.4 is 16.0 Å². The quantitative estimate of drug-likeness (QED) is 0.761. The summed E-state index contributed by atoms with van der Waals surface area (Å²) in [5, 5.41) is 9.27. The molecule has 0 bridgehead atoms. The van der Waals surface area contributed by atoms with E-state index in [2.05, 4.69) is 16.0 Å². The van der Waals surface area contributed by atoms with Crippen molar-refractivity contribution in [2.24, 2.45) is 11.8 Å². The van der Waals surface area contributed by atoms with Crippen molar-refractivity contribution < 1.29 is 9.59 Å². The molecule has 112 valence electrons. The van der Waals surface area contributed by atoms with E-state index in [4.69, 9.17) is 0 Å². The molecule has 3 aliphatic rings. The average Bonchev–Trinajstić information content (AvgIpc) is 2.87. The Morgan fingerprint density at radius 3 is 2.71 bits per heavy atom. The van der Waals surface area contributed by atoms with Gasteiger partial charge in [-0.1, -0.05) is 0 Å². The fourth-order valence-electron chi connectivity index (χ4n) is 3.39. The number of carbonyl (C=O) groups excluding carboxylic acids is 2. The Morgan fingerprint density at radius 2 is 1.95 bits per heavy atom. The zero-order chi connectivity index (χ0) is 13.7. The standard InChI is InChI=1S/C15H17N3O2.ClH/c19-13-4-2-8-5-9(1-3-12(8)17-13)15(20)18-14-10-6-16-7-11(10)14;/h1,3,5,10-11,14,16H,2,4,6-7H2,(H,17,19)(H,18,20);1H. The number of rotatable bonds is 2. The van der Waals surface area contributed by atoms with Gasteiger partial charge in [0.15, 0.2) is 0 Å². The van der Waals surface area contributed by atoms with Crippen molar-refractivity contribution in [1.82, 2.24) is 10.6 Å². The Kier molecular flexibility index (Phi) is 3.63. The number of fused-ring (bicyclic) bond motifs is 2. The third-order valence-electron chi connectivity index (χ3n) is 4.65. The number of hydrogen-bond acceptors (Lipinski definition) is 3. The Morgan fingerprint density at radius 1 is 1.19 bits per heavy atom. The highest BCUT2D eigenvalue weighted by Gasteiger charge is 2.53. The molecule has 0 aromatic heterocycles. The van der Waals surface area contributed by atoms with Gasteiger partial charge in [-0.25, -0.2) is 0 Å². The lowest BCUT2D eigenvalue weighted by molar-refractivity contribution is -0.116. The van der Waals surface area contributed by atoms with Gasteiger partial charge in [0.1, 0.15) is 0 Å². The highest BCUT2D eigenvalue weighted by molar-refractivity contribution is 5.98. The molecule has 6 heteroatoms. The maximum atomic E-state index is 12.3. The van der Waals surface area contributed by atoms with Crippen molar-refractivity contribution in [3.05, 3.63) is 29.3 Å². The zero-order valence-corrected chi connectivity index (χ0v) is 12.3. The number of nitrogens with one attached hydrogen (secondary N) is 3. The van der Waals surface area contributed by atoms with Gasteiger partial charge in [0.2, 0.25) is 5.91 Å². The minimum Gasteiger partial charge on any atom is -0.349 e. The predicted octanol–water partition coefficient (Wildman–Crippen LogP) is 0.941. The van der Waals surface area contributed by atoms with Crippen LogP contribution >= 0.6 is 12.4 Å². The maximum absolute atomic E-state index is 12.3. The Labute approximate surface area is 129 Å². The van der Waals surface area contributed by atoms with Crippen molar-refractivity contribution >= 4 is 29.9 Å². The number of anilines is 1. The predicted molar refractivity (Wildman–Crippen MR) is 81.7 cm³/mol. The molecule has 2 amide bonds. The number of aryl methyl sites for hydroxylation is 1. The summed E-state index contributed by atoms with van der Waals surface area (Å²) in [5.74, 6) is 1.30. The lowest BCUT2D eigenvalue weighted by Crippen LogP contribution is -2.32. The Balaban J connectivity index is 0.00000132. The van der Waals surface area contributed by atoms with Crippen molar-refractivity contribution in [2.45, 2.75) is 18.9 Å². The molecule has 1 aromatic rings. The van der Waals surface area contributed by atoms with Gasteiger partial charge >= 0.3 is 0 Å². The van der Waals surface area contributed by atoms with Crippen LogP contribution in [-0.2, 0) is 11.2 Å². The number of carbonyl (C=O) groups is 2. The van der Waals surface area contributed by atoms with Crippen LogP contribution in [0.2, 0.25) is 0 Å². The molecule has 2 heterocycles. The third-order valence-corrected chi connectivity index (χ3v) is 4.65. The lowest BCUT2D eigenvalue weighted by Gasteiger charge is -2.17. The van der Waals surface area contributed by atoms with Gasteiger partial charge in [-0.15, -0.1) is 12.4 Å². The van der Waals surface area contributed by atoms with Crippen LogP contribution in [0.3, 0.4) is 0 Å². The Bertz CT molecular complexity index is 595. The third kappa shape index (κ3) is 2.51. The summed E-state index contributed by atoms with van der Waals surface area (Å²) in [6, 6.07) is 5.87. The van der Waals surface area contributed by atoms with Crippen LogP contribution in [0.4, 0.5) is 5.69 Å². The number of benzene rings is 1. The molecule has 4 rings (SSSR count). The summed E-state index contributed by atoms with van der Waals surface area (Å²) < 4.78 is 0. The summed E-state index contributed by atoms with van der Waals surface area (Å²) in [7, 11) is 0. The first-order valence-corrected chi connectivity index (χ1v) is 7.17. The molecule has 3 N–H and O–H groups in total. The van der Waals surface area contributed by atoms with Crippen molar-refractivity contribution in [2.75, 3.05) is 18.4 Å². The first kappa shape index (κ1) is 14.4. The summed E-state index contributed by atoms with van der Waals surface area (Å²) in [5.41, 5.74) is 2.58. The fourth-order valence-corrected chi connectivity index (χ4v) is 3.39. The highest BCUT2D eigenvalue weighted by Crippen LogP contribution is 2.41. The molecule has 1 saturated heterocycles. The van der Waals surface area contributed by atoms with Gasteiger partial charge in [0.05, 0.1) is 0 Å². The molecule has 0 spiro atoms. The van der Waals surface area contributed by atoms with Crippen LogP contribution in [0.1, 0.15) is 22.3 Å². The number of piperidine rings is 1. The summed E-state index contributed by atoms with van der Waals surface area (Å²) in [6.45, 7) is 2.04. The minimum absolute atomic E-state index is 0. The molecule has 1 saturated carbocycles. The van der Waals surface area contributed by atoms with Crippen LogP contribution in [0.5, 0.6) is 0 Å². The topological polar surface area (TPSA) is 70.2 Å². The molecule has 2 atom stereocenters. The number of halogens is 1. The second-order valence-electron chi connectivity index (χ2n) is 5.91. The summed E-state index contributed by atoms with van der Waals surface area (Å²) in [6.07, 6.45) is 1.21. The van der Waals surface area contributed by atoms with Gasteiger partial charge in [0.25, 0.3) is 5.91 Å². The lowest BCUT2D eigenvalue weighted by atomic mass is 10.00. The van der Waals surface area contributed by atoms with E-state index in [1.165, 1.54) is 0 Å². The zero-order valence-electron chi connectivity index (χ0n) is 11.5. The van der Waals surface area contributed by atoms with E-state index in [9.17, 15) is 9.59 Å². The van der Waals surface area contributed by atoms with Crippen molar-refractivity contribution in [3.8, 4) is 0 Å². The normalized spacial score (nSPS) is 28.8. The summed E-state index contributed by atoms with van der Waals surface area (Å²) in [4.78, 5) is 23.6. The molecule has 1 aromatic carbocycles. The molecule has 2 fully saturated rings. The number of hydrogen-bond donors (Lipinski definition) is 3. The molecule has 0 radical (unpaired) electrons. The van der Waals surface area contributed by atoms with Crippen molar-refractivity contribution in [1.29, 1.82) is 0 Å². The maximum Gasteiger partial charge on any atom is 0.251 e. The van der Waals surface area contributed by atoms with E-state index in [1.807, 2.05) is 12.1 Å². The van der Waals surface area contributed by atoms with Crippen LogP contribution in [0, 0.1) is 11.8 Å².